The van der Waals surface area contributed by atoms with Gasteiger partial charge in [0, 0.05) is 34.8 Å². The normalized spacial score (nSPS) is 19.9. The molecule has 1 aromatic heterocycles. The van der Waals surface area contributed by atoms with Crippen LogP contribution in [0.15, 0.2) is 24.3 Å². The molecule has 114 valence electrons. The zero-order valence-corrected chi connectivity index (χ0v) is 14.2. The van der Waals surface area contributed by atoms with E-state index in [2.05, 4.69) is 55.3 Å². The average molecular weight is 302 g/mol. The molecule has 0 amide bonds. The number of likely N-dealkylation sites (tertiary alicyclic amines) is 1. The van der Waals surface area contributed by atoms with E-state index in [9.17, 15) is 0 Å². The van der Waals surface area contributed by atoms with Gasteiger partial charge in [-0.05, 0) is 43.3 Å². The summed E-state index contributed by atoms with van der Waals surface area (Å²) in [5.74, 6) is 0. The van der Waals surface area contributed by atoms with Crippen molar-refractivity contribution in [2.24, 2.45) is 0 Å². The molecule has 1 saturated heterocycles. The van der Waals surface area contributed by atoms with Gasteiger partial charge in [0.25, 0.3) is 0 Å². The first-order valence-electron chi connectivity index (χ1n) is 8.12. The molecule has 0 saturated carbocycles. The number of fused-ring (bicyclic) bond motifs is 1. The van der Waals surface area contributed by atoms with Crippen molar-refractivity contribution >= 4 is 21.4 Å². The van der Waals surface area contributed by atoms with E-state index in [1.54, 1.807) is 5.56 Å². The van der Waals surface area contributed by atoms with Crippen molar-refractivity contribution in [3.8, 4) is 0 Å². The lowest BCUT2D eigenvalue weighted by molar-refractivity contribution is 0.261. The van der Waals surface area contributed by atoms with Gasteiger partial charge in [-0.3, -0.25) is 4.90 Å². The topological polar surface area (TPSA) is 15.3 Å². The van der Waals surface area contributed by atoms with Gasteiger partial charge in [0.15, 0.2) is 0 Å². The highest BCUT2D eigenvalue weighted by Gasteiger charge is 2.23. The highest BCUT2D eigenvalue weighted by atomic mass is 32.1. The molecular formula is C18H26N2S. The minimum atomic E-state index is 0.536. The van der Waals surface area contributed by atoms with Crippen LogP contribution >= 0.6 is 11.3 Å². The number of nitrogens with one attached hydrogen (secondary N) is 1. The first kappa shape index (κ1) is 15.0. The standard InChI is InChI=1S/C18H26N2S/c1-13(2)19-11-18-16(12-20-10-6-7-14(20)3)15-8-4-5-9-17(15)21-18/h4-5,8-9,13-14,19H,6-7,10-12H2,1-3H3. The van der Waals surface area contributed by atoms with Gasteiger partial charge < -0.3 is 5.32 Å². The predicted molar refractivity (Wildman–Crippen MR) is 92.9 cm³/mol. The molecule has 1 atom stereocenters. The van der Waals surface area contributed by atoms with Crippen LogP contribution in [0.2, 0.25) is 0 Å². The lowest BCUT2D eigenvalue weighted by Gasteiger charge is -2.21. The molecule has 1 aromatic carbocycles. The largest absolute Gasteiger partial charge is 0.310 e. The van der Waals surface area contributed by atoms with Crippen LogP contribution in [0, 0.1) is 0 Å². The molecule has 1 unspecified atom stereocenters. The fourth-order valence-electron chi connectivity index (χ4n) is 3.19. The summed E-state index contributed by atoms with van der Waals surface area (Å²) in [5.41, 5.74) is 1.55. The van der Waals surface area contributed by atoms with Crippen LogP contribution in [0.3, 0.4) is 0 Å². The van der Waals surface area contributed by atoms with Crippen LogP contribution < -0.4 is 5.32 Å². The van der Waals surface area contributed by atoms with E-state index in [-0.39, 0.29) is 0 Å². The summed E-state index contributed by atoms with van der Waals surface area (Å²) in [4.78, 5) is 4.16. The quantitative estimate of drug-likeness (QED) is 0.881. The number of hydrogen-bond donors (Lipinski definition) is 1. The van der Waals surface area contributed by atoms with Gasteiger partial charge in [0.1, 0.15) is 0 Å². The van der Waals surface area contributed by atoms with E-state index in [4.69, 9.17) is 0 Å². The maximum absolute atomic E-state index is 3.59. The molecule has 0 spiro atoms. The molecule has 2 nitrogen and oxygen atoms in total. The van der Waals surface area contributed by atoms with Gasteiger partial charge in [0.05, 0.1) is 0 Å². The van der Waals surface area contributed by atoms with Crippen molar-refractivity contribution < 1.29 is 0 Å². The average Bonchev–Trinajstić information content (AvgIpc) is 3.02. The third-order valence-corrected chi connectivity index (χ3v) is 5.72. The summed E-state index contributed by atoms with van der Waals surface area (Å²) >= 11 is 1.96. The lowest BCUT2D eigenvalue weighted by atomic mass is 10.1. The highest BCUT2D eigenvalue weighted by Crippen LogP contribution is 2.33. The Morgan fingerprint density at radius 3 is 2.86 bits per heavy atom. The number of rotatable bonds is 5. The zero-order valence-electron chi connectivity index (χ0n) is 13.4. The monoisotopic (exact) mass is 302 g/mol. The molecular weight excluding hydrogens is 276 g/mol. The Kier molecular flexibility index (Phi) is 4.63. The SMILES string of the molecule is CC(C)NCc1sc2ccccc2c1CN1CCCC1C. The van der Waals surface area contributed by atoms with Gasteiger partial charge in [0.2, 0.25) is 0 Å². The smallest absolute Gasteiger partial charge is 0.0349 e. The van der Waals surface area contributed by atoms with E-state index < -0.39 is 0 Å². The Morgan fingerprint density at radius 1 is 1.33 bits per heavy atom. The Morgan fingerprint density at radius 2 is 2.14 bits per heavy atom. The summed E-state index contributed by atoms with van der Waals surface area (Å²) in [6.07, 6.45) is 2.70. The van der Waals surface area contributed by atoms with Crippen LogP contribution in [-0.4, -0.2) is 23.5 Å². The van der Waals surface area contributed by atoms with Crippen molar-refractivity contribution in [2.45, 2.75) is 58.8 Å². The van der Waals surface area contributed by atoms with Crippen LogP contribution in [0.5, 0.6) is 0 Å². The van der Waals surface area contributed by atoms with E-state index in [0.29, 0.717) is 6.04 Å². The molecule has 0 aliphatic carbocycles. The van der Waals surface area contributed by atoms with Gasteiger partial charge in [-0.1, -0.05) is 32.0 Å². The molecule has 2 heterocycles. The van der Waals surface area contributed by atoms with Crippen LogP contribution in [0.25, 0.3) is 10.1 Å². The molecule has 0 radical (unpaired) electrons. The lowest BCUT2D eigenvalue weighted by Crippen LogP contribution is -2.27. The minimum absolute atomic E-state index is 0.536. The third-order valence-electron chi connectivity index (χ3n) is 4.50. The summed E-state index contributed by atoms with van der Waals surface area (Å²) in [5, 5.41) is 5.05. The second-order valence-corrected chi connectivity index (χ2v) is 7.63. The molecule has 1 N–H and O–H groups in total. The molecule has 3 rings (SSSR count). The predicted octanol–water partition coefficient (Wildman–Crippen LogP) is 4.38. The van der Waals surface area contributed by atoms with Crippen LogP contribution in [-0.2, 0) is 13.1 Å². The maximum atomic E-state index is 3.59. The van der Waals surface area contributed by atoms with Crippen LogP contribution in [0.1, 0.15) is 44.1 Å². The van der Waals surface area contributed by atoms with Crippen LogP contribution in [0.4, 0.5) is 0 Å². The second-order valence-electron chi connectivity index (χ2n) is 6.50. The Hall–Kier alpha value is -0.900. The molecule has 0 bridgehead atoms. The number of hydrogen-bond acceptors (Lipinski definition) is 3. The second kappa shape index (κ2) is 6.47. The Labute approximate surface area is 132 Å². The summed E-state index contributed by atoms with van der Waals surface area (Å²) < 4.78 is 1.43. The summed E-state index contributed by atoms with van der Waals surface area (Å²) in [7, 11) is 0. The number of benzene rings is 1. The van der Waals surface area contributed by atoms with Crippen molar-refractivity contribution in [3.05, 3.63) is 34.7 Å². The van der Waals surface area contributed by atoms with Crippen molar-refractivity contribution in [1.29, 1.82) is 0 Å². The number of nitrogens with zero attached hydrogens (tertiary/aromatic N) is 1. The van der Waals surface area contributed by atoms with Gasteiger partial charge in [-0.25, -0.2) is 0 Å². The Balaban J connectivity index is 1.91. The molecule has 3 heteroatoms. The van der Waals surface area contributed by atoms with E-state index >= 15 is 0 Å². The number of thiophene rings is 1. The van der Waals surface area contributed by atoms with E-state index in [0.717, 1.165) is 19.1 Å². The first-order chi connectivity index (χ1) is 10.1. The highest BCUT2D eigenvalue weighted by molar-refractivity contribution is 7.19. The fourth-order valence-corrected chi connectivity index (χ4v) is 4.36. The molecule has 2 aromatic rings. The van der Waals surface area contributed by atoms with Gasteiger partial charge >= 0.3 is 0 Å². The van der Waals surface area contributed by atoms with Gasteiger partial charge in [-0.2, -0.15) is 0 Å². The molecule has 21 heavy (non-hydrogen) atoms. The fraction of sp³-hybridized carbons (Fsp3) is 0.556. The molecule has 1 aliphatic heterocycles. The van der Waals surface area contributed by atoms with Crippen molar-refractivity contribution in [1.82, 2.24) is 10.2 Å². The third kappa shape index (κ3) is 3.31. The maximum Gasteiger partial charge on any atom is 0.0349 e. The summed E-state index contributed by atoms with van der Waals surface area (Å²) in [6, 6.07) is 10.1. The zero-order chi connectivity index (χ0) is 14.8. The van der Waals surface area contributed by atoms with Crippen molar-refractivity contribution in [2.75, 3.05) is 6.54 Å². The minimum Gasteiger partial charge on any atom is -0.310 e. The molecule has 1 aliphatic rings. The van der Waals surface area contributed by atoms with E-state index in [1.807, 2.05) is 11.3 Å². The Bertz CT molecular complexity index is 602. The van der Waals surface area contributed by atoms with Gasteiger partial charge in [-0.15, -0.1) is 11.3 Å². The molecule has 1 fully saturated rings. The first-order valence-corrected chi connectivity index (χ1v) is 8.93. The van der Waals surface area contributed by atoms with E-state index in [1.165, 1.54) is 34.3 Å². The summed E-state index contributed by atoms with van der Waals surface area (Å²) in [6.45, 7) is 10.2. The van der Waals surface area contributed by atoms with Crippen molar-refractivity contribution in [3.63, 3.8) is 0 Å².